The maximum atomic E-state index is 3.56. The topological polar surface area (TPSA) is 27.3 Å². The van der Waals surface area contributed by atoms with Gasteiger partial charge in [-0.3, -0.25) is 0 Å². The molecule has 3 nitrogen and oxygen atoms in total. The largest absolute Gasteiger partial charge is 0.384 e. The van der Waals surface area contributed by atoms with Gasteiger partial charge < -0.3 is 15.5 Å². The molecule has 1 unspecified atom stereocenters. The Hall–Kier alpha value is -1.06. The molecule has 0 saturated carbocycles. The number of likely N-dealkylation sites (N-methyl/N-ethyl adjacent to an activating group) is 1. The van der Waals surface area contributed by atoms with Crippen molar-refractivity contribution in [1.29, 1.82) is 0 Å². The van der Waals surface area contributed by atoms with Crippen molar-refractivity contribution < 1.29 is 0 Å². The van der Waals surface area contributed by atoms with Crippen LogP contribution >= 0.6 is 0 Å². The molecule has 1 aromatic rings. The minimum atomic E-state index is 0.671. The third kappa shape index (κ3) is 3.71. The van der Waals surface area contributed by atoms with E-state index in [4.69, 9.17) is 0 Å². The van der Waals surface area contributed by atoms with Gasteiger partial charge in [-0.05, 0) is 37.9 Å². The van der Waals surface area contributed by atoms with Crippen molar-refractivity contribution in [2.75, 3.05) is 32.0 Å². The molecule has 19 heavy (non-hydrogen) atoms. The first-order valence-electron chi connectivity index (χ1n) is 7.48. The van der Waals surface area contributed by atoms with Crippen molar-refractivity contribution >= 4 is 5.69 Å². The molecule has 2 rings (SSSR count). The Morgan fingerprint density at radius 2 is 2.26 bits per heavy atom. The van der Waals surface area contributed by atoms with E-state index in [2.05, 4.69) is 54.6 Å². The van der Waals surface area contributed by atoms with E-state index >= 15 is 0 Å². The van der Waals surface area contributed by atoms with Crippen LogP contribution in [0.4, 0.5) is 5.69 Å². The molecule has 1 atom stereocenters. The van der Waals surface area contributed by atoms with Gasteiger partial charge in [0.15, 0.2) is 0 Å². The Morgan fingerprint density at radius 1 is 1.42 bits per heavy atom. The fourth-order valence-electron chi connectivity index (χ4n) is 2.57. The van der Waals surface area contributed by atoms with Crippen molar-refractivity contribution in [3.63, 3.8) is 0 Å². The second kappa shape index (κ2) is 6.92. The van der Waals surface area contributed by atoms with Gasteiger partial charge in [-0.2, -0.15) is 0 Å². The molecule has 0 saturated heterocycles. The maximum Gasteiger partial charge on any atom is 0.0419 e. The van der Waals surface area contributed by atoms with Gasteiger partial charge in [-0.15, -0.1) is 0 Å². The van der Waals surface area contributed by atoms with Crippen LogP contribution < -0.4 is 10.6 Å². The van der Waals surface area contributed by atoms with Crippen LogP contribution in [-0.2, 0) is 13.0 Å². The van der Waals surface area contributed by atoms with Crippen molar-refractivity contribution in [2.45, 2.75) is 39.3 Å². The van der Waals surface area contributed by atoms with Crippen molar-refractivity contribution in [1.82, 2.24) is 10.2 Å². The van der Waals surface area contributed by atoms with E-state index in [0.717, 1.165) is 26.2 Å². The Bertz CT molecular complexity index is 403. The Balaban J connectivity index is 1.76. The minimum Gasteiger partial charge on any atom is -0.384 e. The Kier molecular flexibility index (Phi) is 5.23. The van der Waals surface area contributed by atoms with Crippen LogP contribution in [0.5, 0.6) is 0 Å². The summed E-state index contributed by atoms with van der Waals surface area (Å²) in [4.78, 5) is 2.42. The second-order valence-corrected chi connectivity index (χ2v) is 5.54. The van der Waals surface area contributed by atoms with Gasteiger partial charge in [0.05, 0.1) is 0 Å². The van der Waals surface area contributed by atoms with Crippen molar-refractivity contribution in [3.8, 4) is 0 Å². The van der Waals surface area contributed by atoms with Gasteiger partial charge >= 0.3 is 0 Å². The average Bonchev–Trinajstić information content (AvgIpc) is 2.91. The summed E-state index contributed by atoms with van der Waals surface area (Å²) in [5.41, 5.74) is 4.24. The van der Waals surface area contributed by atoms with Crippen LogP contribution in [0.15, 0.2) is 18.2 Å². The monoisotopic (exact) mass is 261 g/mol. The van der Waals surface area contributed by atoms with E-state index in [1.165, 1.54) is 29.7 Å². The predicted molar refractivity (Wildman–Crippen MR) is 82.7 cm³/mol. The van der Waals surface area contributed by atoms with E-state index in [1.807, 2.05) is 0 Å². The summed E-state index contributed by atoms with van der Waals surface area (Å²) in [6.45, 7) is 8.73. The van der Waals surface area contributed by atoms with Gasteiger partial charge in [0, 0.05) is 37.9 Å². The SMILES string of the molecule is CCC(C)N(C)CCNCc1cccc2c1NCC2. The predicted octanol–water partition coefficient (Wildman–Crippen LogP) is 2.47. The molecule has 106 valence electrons. The fraction of sp³-hybridized carbons (Fsp3) is 0.625. The lowest BCUT2D eigenvalue weighted by molar-refractivity contribution is 0.252. The zero-order valence-corrected chi connectivity index (χ0v) is 12.5. The van der Waals surface area contributed by atoms with E-state index in [0.29, 0.717) is 6.04 Å². The fourth-order valence-corrected chi connectivity index (χ4v) is 2.57. The number of hydrogen-bond donors (Lipinski definition) is 2. The highest BCUT2D eigenvalue weighted by Gasteiger charge is 2.13. The molecule has 2 N–H and O–H groups in total. The number of nitrogens with zero attached hydrogens (tertiary/aromatic N) is 1. The second-order valence-electron chi connectivity index (χ2n) is 5.54. The van der Waals surface area contributed by atoms with E-state index < -0.39 is 0 Å². The number of anilines is 1. The normalized spacial score (nSPS) is 15.4. The van der Waals surface area contributed by atoms with Crippen molar-refractivity contribution in [2.24, 2.45) is 0 Å². The quantitative estimate of drug-likeness (QED) is 0.738. The molecule has 1 aliphatic heterocycles. The maximum absolute atomic E-state index is 3.56. The molecule has 0 bridgehead atoms. The first-order valence-corrected chi connectivity index (χ1v) is 7.48. The summed E-state index contributed by atoms with van der Waals surface area (Å²) in [5, 5.41) is 7.05. The van der Waals surface area contributed by atoms with Gasteiger partial charge in [-0.1, -0.05) is 25.1 Å². The van der Waals surface area contributed by atoms with Crippen LogP contribution in [0.3, 0.4) is 0 Å². The molecule has 1 aromatic carbocycles. The summed E-state index contributed by atoms with van der Waals surface area (Å²) >= 11 is 0. The van der Waals surface area contributed by atoms with Gasteiger partial charge in [0.2, 0.25) is 0 Å². The molecule has 3 heteroatoms. The highest BCUT2D eigenvalue weighted by atomic mass is 15.1. The van der Waals surface area contributed by atoms with Crippen LogP contribution in [0.2, 0.25) is 0 Å². The number of hydrogen-bond acceptors (Lipinski definition) is 3. The lowest BCUT2D eigenvalue weighted by atomic mass is 10.1. The lowest BCUT2D eigenvalue weighted by Crippen LogP contribution is -2.34. The molecule has 1 aliphatic rings. The molecule has 0 spiro atoms. The van der Waals surface area contributed by atoms with Crippen molar-refractivity contribution in [3.05, 3.63) is 29.3 Å². The Morgan fingerprint density at radius 3 is 3.05 bits per heavy atom. The third-order valence-electron chi connectivity index (χ3n) is 4.23. The first kappa shape index (κ1) is 14.4. The van der Waals surface area contributed by atoms with Crippen LogP contribution in [-0.4, -0.2) is 37.6 Å². The molecule has 1 heterocycles. The smallest absolute Gasteiger partial charge is 0.0419 e. The third-order valence-corrected chi connectivity index (χ3v) is 4.23. The van der Waals surface area contributed by atoms with Crippen LogP contribution in [0, 0.1) is 0 Å². The minimum absolute atomic E-state index is 0.671. The summed E-state index contributed by atoms with van der Waals surface area (Å²) in [7, 11) is 2.21. The zero-order valence-electron chi connectivity index (χ0n) is 12.5. The zero-order chi connectivity index (χ0) is 13.7. The van der Waals surface area contributed by atoms with Crippen LogP contribution in [0.1, 0.15) is 31.4 Å². The molecular weight excluding hydrogens is 234 g/mol. The van der Waals surface area contributed by atoms with Gasteiger partial charge in [0.1, 0.15) is 0 Å². The summed E-state index contributed by atoms with van der Waals surface area (Å²) in [5.74, 6) is 0. The van der Waals surface area contributed by atoms with E-state index in [-0.39, 0.29) is 0 Å². The summed E-state index contributed by atoms with van der Waals surface area (Å²) in [6, 6.07) is 7.30. The lowest BCUT2D eigenvalue weighted by Gasteiger charge is -2.23. The number of para-hydroxylation sites is 1. The molecule has 0 amide bonds. The molecule has 0 aliphatic carbocycles. The highest BCUT2D eigenvalue weighted by Crippen LogP contribution is 2.25. The van der Waals surface area contributed by atoms with Gasteiger partial charge in [0.25, 0.3) is 0 Å². The van der Waals surface area contributed by atoms with E-state index in [1.54, 1.807) is 0 Å². The molecular formula is C16H27N3. The molecule has 0 aromatic heterocycles. The average molecular weight is 261 g/mol. The van der Waals surface area contributed by atoms with Gasteiger partial charge in [-0.25, -0.2) is 0 Å². The van der Waals surface area contributed by atoms with E-state index in [9.17, 15) is 0 Å². The summed E-state index contributed by atoms with van der Waals surface area (Å²) in [6.07, 6.45) is 2.38. The number of nitrogens with one attached hydrogen (secondary N) is 2. The summed E-state index contributed by atoms with van der Waals surface area (Å²) < 4.78 is 0. The van der Waals surface area contributed by atoms with Crippen LogP contribution in [0.25, 0.3) is 0 Å². The number of benzene rings is 1. The Labute approximate surface area is 117 Å². The molecule has 0 radical (unpaired) electrons. The number of rotatable bonds is 7. The number of fused-ring (bicyclic) bond motifs is 1. The molecule has 0 fully saturated rings. The standard InChI is InChI=1S/C16H27N3/c1-4-13(2)19(3)11-10-17-12-15-7-5-6-14-8-9-18-16(14)15/h5-7,13,17-18H,4,8-12H2,1-3H3. The highest BCUT2D eigenvalue weighted by molar-refractivity contribution is 5.61. The first-order chi connectivity index (χ1) is 9.22.